The number of para-hydroxylation sites is 1. The second-order valence-corrected chi connectivity index (χ2v) is 11.9. The van der Waals surface area contributed by atoms with Crippen molar-refractivity contribution in [3.05, 3.63) is 65.7 Å². The van der Waals surface area contributed by atoms with Crippen LogP contribution in [-0.4, -0.2) is 85.1 Å². The molecule has 0 amide bonds. The van der Waals surface area contributed by atoms with Crippen molar-refractivity contribution in [2.24, 2.45) is 5.92 Å². The van der Waals surface area contributed by atoms with Gasteiger partial charge in [-0.05, 0) is 43.9 Å². The topological polar surface area (TPSA) is 39.8 Å². The third-order valence-corrected chi connectivity index (χ3v) is 9.19. The van der Waals surface area contributed by atoms with Crippen molar-refractivity contribution < 1.29 is 9.33 Å². The summed E-state index contributed by atoms with van der Waals surface area (Å²) in [6, 6.07) is 20.1. The van der Waals surface area contributed by atoms with Gasteiger partial charge in [0.25, 0.3) is 0 Å². The molecule has 0 aliphatic carbocycles. The Kier molecular flexibility index (Phi) is 7.82. The van der Waals surface area contributed by atoms with Gasteiger partial charge < -0.3 is 15.0 Å². The molecule has 3 fully saturated rings. The standard InChI is InChI=1S/C31H46N5O/c1-2-20-36(23-25-10-4-3-5-11-25)24-27(31(33-36)29-21-26-12-6-7-13-28(26)37-29)22-34-16-18-35(19-17-34)30-14-8-9-15-32-30/h3-7,10-13,27,29-33H,2,8-9,14-24H2,1H3/q+1. The molecule has 6 heteroatoms. The zero-order chi connectivity index (χ0) is 25.1. The highest BCUT2D eigenvalue weighted by Gasteiger charge is 2.50. The monoisotopic (exact) mass is 504 g/mol. The van der Waals surface area contributed by atoms with Crippen LogP contribution in [-0.2, 0) is 13.0 Å². The van der Waals surface area contributed by atoms with Gasteiger partial charge in [-0.25, -0.2) is 4.59 Å². The molecule has 0 radical (unpaired) electrons. The largest absolute Gasteiger partial charge is 0.488 e. The van der Waals surface area contributed by atoms with Crippen molar-refractivity contribution in [3.8, 4) is 5.75 Å². The minimum atomic E-state index is 0.211. The molecular formula is C31H46N5O+. The first-order valence-corrected chi connectivity index (χ1v) is 14.8. The lowest BCUT2D eigenvalue weighted by atomic mass is 9.93. The molecular weight excluding hydrogens is 458 g/mol. The fraction of sp³-hybridized carbons (Fsp3) is 0.613. The van der Waals surface area contributed by atoms with Crippen LogP contribution >= 0.6 is 0 Å². The van der Waals surface area contributed by atoms with E-state index in [-0.39, 0.29) is 6.10 Å². The minimum Gasteiger partial charge on any atom is -0.488 e. The van der Waals surface area contributed by atoms with Gasteiger partial charge >= 0.3 is 0 Å². The van der Waals surface area contributed by atoms with Gasteiger partial charge in [0.1, 0.15) is 31.0 Å². The molecule has 37 heavy (non-hydrogen) atoms. The highest BCUT2D eigenvalue weighted by atomic mass is 16.5. The van der Waals surface area contributed by atoms with Crippen LogP contribution in [0.4, 0.5) is 0 Å². The molecule has 0 saturated carbocycles. The van der Waals surface area contributed by atoms with Crippen LogP contribution in [0.3, 0.4) is 0 Å². The van der Waals surface area contributed by atoms with Gasteiger partial charge in [-0.1, -0.05) is 55.5 Å². The van der Waals surface area contributed by atoms with Gasteiger partial charge in [-0.2, -0.15) is 5.43 Å². The Balaban J connectivity index is 1.17. The Labute approximate surface area is 223 Å². The second kappa shape index (κ2) is 11.4. The molecule has 3 saturated heterocycles. The number of nitrogens with zero attached hydrogens (tertiary/aromatic N) is 3. The summed E-state index contributed by atoms with van der Waals surface area (Å²) in [5.41, 5.74) is 6.99. The van der Waals surface area contributed by atoms with Crippen LogP contribution in [0.2, 0.25) is 0 Å². The average Bonchev–Trinajstić information content (AvgIpc) is 3.52. The molecule has 200 valence electrons. The number of ether oxygens (including phenoxy) is 1. The second-order valence-electron chi connectivity index (χ2n) is 11.9. The van der Waals surface area contributed by atoms with Crippen LogP contribution in [0, 0.1) is 5.92 Å². The predicted molar refractivity (Wildman–Crippen MR) is 149 cm³/mol. The van der Waals surface area contributed by atoms with Crippen LogP contribution in [0.5, 0.6) is 5.75 Å². The van der Waals surface area contributed by atoms with E-state index < -0.39 is 0 Å². The molecule has 5 atom stereocenters. The Bertz CT molecular complexity index is 979. The van der Waals surface area contributed by atoms with Gasteiger partial charge in [0.05, 0.1) is 12.7 Å². The summed E-state index contributed by atoms with van der Waals surface area (Å²) >= 11 is 0. The number of nitrogens with one attached hydrogen (secondary N) is 2. The number of rotatable bonds is 8. The predicted octanol–water partition coefficient (Wildman–Crippen LogP) is 3.64. The fourth-order valence-electron chi connectivity index (χ4n) is 7.44. The van der Waals surface area contributed by atoms with Gasteiger partial charge in [0.15, 0.2) is 0 Å². The van der Waals surface area contributed by atoms with Crippen LogP contribution in [0.15, 0.2) is 54.6 Å². The number of fused-ring (bicyclic) bond motifs is 1. The number of hydrogen-bond acceptors (Lipinski definition) is 5. The van der Waals surface area contributed by atoms with E-state index >= 15 is 0 Å². The zero-order valence-electron chi connectivity index (χ0n) is 22.7. The van der Waals surface area contributed by atoms with Crippen molar-refractivity contribution >= 4 is 0 Å². The van der Waals surface area contributed by atoms with Gasteiger partial charge in [0.2, 0.25) is 0 Å². The van der Waals surface area contributed by atoms with E-state index in [2.05, 4.69) is 82.1 Å². The molecule has 6 nitrogen and oxygen atoms in total. The van der Waals surface area contributed by atoms with Crippen molar-refractivity contribution in [2.75, 3.05) is 52.4 Å². The van der Waals surface area contributed by atoms with Crippen LogP contribution in [0.1, 0.15) is 43.7 Å². The highest BCUT2D eigenvalue weighted by molar-refractivity contribution is 5.37. The normalized spacial score (nSPS) is 32.8. The fourth-order valence-corrected chi connectivity index (χ4v) is 7.44. The maximum Gasteiger partial charge on any atom is 0.124 e. The molecule has 0 bridgehead atoms. The maximum absolute atomic E-state index is 6.62. The molecule has 4 heterocycles. The van der Waals surface area contributed by atoms with E-state index in [1.165, 1.54) is 76.1 Å². The van der Waals surface area contributed by atoms with E-state index in [4.69, 9.17) is 4.74 Å². The van der Waals surface area contributed by atoms with E-state index in [9.17, 15) is 0 Å². The lowest BCUT2D eigenvalue weighted by Crippen LogP contribution is -2.57. The van der Waals surface area contributed by atoms with Crippen LogP contribution < -0.4 is 15.5 Å². The SMILES string of the molecule is CCC[N+]1(Cc2ccccc2)CC(CN2CCN(C3CCCCN3)CC2)C(C2Cc3ccccc3O2)N1. The van der Waals surface area contributed by atoms with E-state index in [1.54, 1.807) is 0 Å². The first-order chi connectivity index (χ1) is 18.2. The zero-order valence-corrected chi connectivity index (χ0v) is 22.7. The summed E-state index contributed by atoms with van der Waals surface area (Å²) in [5.74, 6) is 1.67. The molecule has 6 rings (SSSR count). The quantitative estimate of drug-likeness (QED) is 0.537. The summed E-state index contributed by atoms with van der Waals surface area (Å²) in [4.78, 5) is 5.44. The van der Waals surface area contributed by atoms with Gasteiger partial charge in [-0.3, -0.25) is 4.90 Å². The molecule has 2 N–H and O–H groups in total. The average molecular weight is 505 g/mol. The molecule has 0 aromatic heterocycles. The summed E-state index contributed by atoms with van der Waals surface area (Å²) in [6.07, 6.45) is 7.02. The minimum absolute atomic E-state index is 0.211. The maximum atomic E-state index is 6.62. The van der Waals surface area contributed by atoms with E-state index in [0.717, 1.165) is 36.4 Å². The molecule has 0 spiro atoms. The molecule has 2 aromatic rings. The van der Waals surface area contributed by atoms with Crippen molar-refractivity contribution in [1.82, 2.24) is 20.5 Å². The van der Waals surface area contributed by atoms with Crippen LogP contribution in [0.25, 0.3) is 0 Å². The Hall–Kier alpha value is -1.96. The summed E-state index contributed by atoms with van der Waals surface area (Å²) in [6.45, 7) is 12.8. The lowest BCUT2D eigenvalue weighted by molar-refractivity contribution is -0.972. The van der Waals surface area contributed by atoms with Crippen molar-refractivity contribution in [1.29, 1.82) is 0 Å². The molecule has 4 aliphatic rings. The van der Waals surface area contributed by atoms with E-state index in [1.807, 2.05) is 0 Å². The van der Waals surface area contributed by atoms with E-state index in [0.29, 0.717) is 18.1 Å². The smallest absolute Gasteiger partial charge is 0.124 e. The summed E-state index contributed by atoms with van der Waals surface area (Å²) in [7, 11) is 0. The summed E-state index contributed by atoms with van der Waals surface area (Å²) < 4.78 is 7.59. The number of benzene rings is 2. The first-order valence-electron chi connectivity index (χ1n) is 14.8. The third-order valence-electron chi connectivity index (χ3n) is 9.19. The third kappa shape index (κ3) is 5.74. The molecule has 4 aliphatic heterocycles. The van der Waals surface area contributed by atoms with Gasteiger partial charge in [0, 0.05) is 50.6 Å². The Morgan fingerprint density at radius 1 is 0.973 bits per heavy atom. The lowest BCUT2D eigenvalue weighted by Gasteiger charge is -2.41. The highest BCUT2D eigenvalue weighted by Crippen LogP contribution is 2.36. The number of hydrogen-bond donors (Lipinski definition) is 2. The first kappa shape index (κ1) is 25.3. The Morgan fingerprint density at radius 2 is 1.78 bits per heavy atom. The van der Waals surface area contributed by atoms with Crippen molar-refractivity contribution in [2.45, 2.75) is 63.9 Å². The molecule has 5 unspecified atom stereocenters. The van der Waals surface area contributed by atoms with Crippen molar-refractivity contribution in [3.63, 3.8) is 0 Å². The number of piperazine rings is 1. The summed E-state index contributed by atoms with van der Waals surface area (Å²) in [5, 5.41) is 3.76. The molecule has 2 aromatic carbocycles. The number of piperidine rings is 1. The van der Waals surface area contributed by atoms with Gasteiger partial charge in [-0.15, -0.1) is 0 Å². The number of quaternary nitrogens is 1. The Morgan fingerprint density at radius 3 is 2.54 bits per heavy atom.